The van der Waals surface area contributed by atoms with Crippen LogP contribution in [-0.2, 0) is 0 Å². The molecule has 0 fully saturated rings. The van der Waals surface area contributed by atoms with Crippen molar-refractivity contribution in [1.82, 2.24) is 0 Å². The number of benzene rings is 1. The van der Waals surface area contributed by atoms with Gasteiger partial charge in [-0.15, -0.1) is 0 Å². The summed E-state index contributed by atoms with van der Waals surface area (Å²) in [5.41, 5.74) is 0.00731. The highest BCUT2D eigenvalue weighted by Crippen LogP contribution is 2.24. The molecule has 0 saturated heterocycles. The summed E-state index contributed by atoms with van der Waals surface area (Å²) < 4.78 is 4.80. The molecule has 0 radical (unpaired) electrons. The van der Waals surface area contributed by atoms with Crippen molar-refractivity contribution < 1.29 is 19.7 Å². The molecule has 1 aromatic heterocycles. The maximum absolute atomic E-state index is 11.1. The van der Waals surface area contributed by atoms with Crippen LogP contribution in [0.1, 0.15) is 11.3 Å². The van der Waals surface area contributed by atoms with Gasteiger partial charge in [-0.1, -0.05) is 5.92 Å². The fourth-order valence-corrected chi connectivity index (χ4v) is 1.26. The van der Waals surface area contributed by atoms with E-state index in [0.29, 0.717) is 5.56 Å². The zero-order valence-electron chi connectivity index (χ0n) is 9.04. The van der Waals surface area contributed by atoms with Crippen molar-refractivity contribution in [3.8, 4) is 29.3 Å². The number of hydrogen-bond acceptors (Lipinski definition) is 5. The molecule has 0 aliphatic rings. The molecule has 2 rings (SSSR count). The van der Waals surface area contributed by atoms with Gasteiger partial charge in [0.2, 0.25) is 0 Å². The summed E-state index contributed by atoms with van der Waals surface area (Å²) in [5.74, 6) is 4.09. The average Bonchev–Trinajstić information content (AvgIpc) is 2.29. The van der Waals surface area contributed by atoms with Gasteiger partial charge in [-0.3, -0.25) is 4.79 Å². The molecule has 3 N–H and O–H groups in total. The highest BCUT2D eigenvalue weighted by Gasteiger charge is 1.99. The van der Waals surface area contributed by atoms with E-state index in [9.17, 15) is 9.90 Å². The average molecular weight is 244 g/mol. The molecule has 0 aliphatic carbocycles. The Labute approximate surface area is 102 Å². The molecule has 0 aliphatic heterocycles. The van der Waals surface area contributed by atoms with E-state index in [0.717, 1.165) is 12.1 Å². The molecule has 1 aromatic carbocycles. The van der Waals surface area contributed by atoms with Gasteiger partial charge in [0.1, 0.15) is 0 Å². The first kappa shape index (κ1) is 11.6. The van der Waals surface area contributed by atoms with Crippen LogP contribution < -0.4 is 5.43 Å². The lowest BCUT2D eigenvalue weighted by Gasteiger charge is -1.96. The van der Waals surface area contributed by atoms with Gasteiger partial charge < -0.3 is 19.7 Å². The molecule has 5 heteroatoms. The first-order valence-electron chi connectivity index (χ1n) is 4.93. The third kappa shape index (κ3) is 2.62. The van der Waals surface area contributed by atoms with Crippen LogP contribution in [0.2, 0.25) is 0 Å². The lowest BCUT2D eigenvalue weighted by atomic mass is 10.2. The molecule has 2 aromatic rings. The molecule has 0 atom stereocenters. The predicted octanol–water partition coefficient (Wildman–Crippen LogP) is 1.16. The van der Waals surface area contributed by atoms with Crippen LogP contribution in [0.3, 0.4) is 0 Å². The Morgan fingerprint density at radius 3 is 2.39 bits per heavy atom. The number of hydrogen-bond donors (Lipinski definition) is 3. The summed E-state index contributed by atoms with van der Waals surface area (Å²) in [7, 11) is 0. The van der Waals surface area contributed by atoms with Gasteiger partial charge in [0.25, 0.3) is 5.95 Å². The van der Waals surface area contributed by atoms with Gasteiger partial charge in [-0.05, 0) is 24.1 Å². The van der Waals surface area contributed by atoms with E-state index in [1.807, 2.05) is 0 Å². The van der Waals surface area contributed by atoms with Gasteiger partial charge in [0.15, 0.2) is 22.7 Å². The number of phenols is 2. The Bertz CT molecular complexity index is 703. The monoisotopic (exact) mass is 244 g/mol. The lowest BCUT2D eigenvalue weighted by molar-refractivity contribution is 0.318. The lowest BCUT2D eigenvalue weighted by Crippen LogP contribution is -1.96. The minimum atomic E-state index is -0.514. The SMILES string of the molecule is O=c1cc(O)oc(C#Cc2ccc(O)c(O)c2)c1. The largest absolute Gasteiger partial charge is 0.504 e. The van der Waals surface area contributed by atoms with Gasteiger partial charge in [-0.2, -0.15) is 0 Å². The molecule has 0 unspecified atom stereocenters. The van der Waals surface area contributed by atoms with E-state index in [-0.39, 0.29) is 17.3 Å². The molecule has 1 heterocycles. The molecule has 0 spiro atoms. The van der Waals surface area contributed by atoms with Gasteiger partial charge >= 0.3 is 0 Å². The molecule has 0 amide bonds. The van der Waals surface area contributed by atoms with E-state index in [1.165, 1.54) is 18.2 Å². The van der Waals surface area contributed by atoms with Gasteiger partial charge in [0.05, 0.1) is 6.07 Å². The second-order valence-corrected chi connectivity index (χ2v) is 3.45. The first-order chi connectivity index (χ1) is 8.54. The van der Waals surface area contributed by atoms with Crippen molar-refractivity contribution in [2.24, 2.45) is 0 Å². The Balaban J connectivity index is 2.36. The zero-order chi connectivity index (χ0) is 13.1. The third-order valence-corrected chi connectivity index (χ3v) is 2.06. The summed E-state index contributed by atoms with van der Waals surface area (Å²) in [6.07, 6.45) is 0. The van der Waals surface area contributed by atoms with E-state index < -0.39 is 11.4 Å². The highest BCUT2D eigenvalue weighted by molar-refractivity contribution is 5.48. The van der Waals surface area contributed by atoms with Crippen LogP contribution in [0.5, 0.6) is 17.4 Å². The number of rotatable bonds is 0. The van der Waals surface area contributed by atoms with E-state index in [2.05, 4.69) is 11.8 Å². The third-order valence-electron chi connectivity index (χ3n) is 2.06. The van der Waals surface area contributed by atoms with Crippen LogP contribution in [0.4, 0.5) is 0 Å². The second-order valence-electron chi connectivity index (χ2n) is 3.45. The van der Waals surface area contributed by atoms with E-state index >= 15 is 0 Å². The molecule has 0 saturated carbocycles. The van der Waals surface area contributed by atoms with Crippen molar-refractivity contribution in [2.75, 3.05) is 0 Å². The van der Waals surface area contributed by atoms with Crippen LogP contribution >= 0.6 is 0 Å². The number of aromatic hydroxyl groups is 3. The smallest absolute Gasteiger partial charge is 0.286 e. The van der Waals surface area contributed by atoms with E-state index in [4.69, 9.17) is 14.6 Å². The Morgan fingerprint density at radius 1 is 0.944 bits per heavy atom. The summed E-state index contributed by atoms with van der Waals surface area (Å²) in [4.78, 5) is 11.1. The summed E-state index contributed by atoms with van der Waals surface area (Å²) in [6, 6.07) is 6.11. The quantitative estimate of drug-likeness (QED) is 0.477. The molecule has 18 heavy (non-hydrogen) atoms. The highest BCUT2D eigenvalue weighted by atomic mass is 16.5. The molecule has 5 nitrogen and oxygen atoms in total. The molecule has 0 bridgehead atoms. The van der Waals surface area contributed by atoms with Gasteiger partial charge in [0, 0.05) is 11.6 Å². The minimum absolute atomic E-state index is 0.00700. The molecule has 90 valence electrons. The van der Waals surface area contributed by atoms with Crippen molar-refractivity contribution >= 4 is 0 Å². The van der Waals surface area contributed by atoms with E-state index in [1.54, 1.807) is 0 Å². The van der Waals surface area contributed by atoms with Gasteiger partial charge in [-0.25, -0.2) is 0 Å². The Kier molecular flexibility index (Phi) is 2.94. The zero-order valence-corrected chi connectivity index (χ0v) is 9.04. The second kappa shape index (κ2) is 4.55. The van der Waals surface area contributed by atoms with Crippen molar-refractivity contribution in [2.45, 2.75) is 0 Å². The standard InChI is InChI=1S/C13H8O5/c14-9-6-10(18-13(17)7-9)3-1-8-2-4-11(15)12(16)5-8/h2,4-7,15-17H. The predicted molar refractivity (Wildman–Crippen MR) is 62.4 cm³/mol. The first-order valence-corrected chi connectivity index (χ1v) is 4.93. The maximum Gasteiger partial charge on any atom is 0.286 e. The Morgan fingerprint density at radius 2 is 1.72 bits per heavy atom. The topological polar surface area (TPSA) is 90.9 Å². The van der Waals surface area contributed by atoms with Crippen molar-refractivity contribution in [3.63, 3.8) is 0 Å². The van der Waals surface area contributed by atoms with Crippen LogP contribution in [0.25, 0.3) is 0 Å². The number of phenolic OH excluding ortho intramolecular Hbond substituents is 2. The molecular weight excluding hydrogens is 236 g/mol. The fraction of sp³-hybridized carbons (Fsp3) is 0. The van der Waals surface area contributed by atoms with Crippen molar-refractivity contribution in [1.29, 1.82) is 0 Å². The van der Waals surface area contributed by atoms with Crippen LogP contribution in [0, 0.1) is 11.8 Å². The summed E-state index contributed by atoms with van der Waals surface area (Å²) in [6.45, 7) is 0. The van der Waals surface area contributed by atoms with Crippen molar-refractivity contribution in [3.05, 3.63) is 51.9 Å². The van der Waals surface area contributed by atoms with Crippen LogP contribution in [-0.4, -0.2) is 15.3 Å². The summed E-state index contributed by atoms with van der Waals surface area (Å²) in [5, 5.41) is 27.4. The minimum Gasteiger partial charge on any atom is -0.504 e. The van der Waals surface area contributed by atoms with Crippen LogP contribution in [0.15, 0.2) is 39.5 Å². The Hall–Kier alpha value is -2.87. The normalized spacial score (nSPS) is 9.56. The maximum atomic E-state index is 11.1. The summed E-state index contributed by atoms with van der Waals surface area (Å²) >= 11 is 0. The molecular formula is C13H8O5. The fourth-order valence-electron chi connectivity index (χ4n) is 1.26.